The molecule has 0 amide bonds. The van der Waals surface area contributed by atoms with Gasteiger partial charge in [-0.05, 0) is 30.9 Å². The number of aromatic nitrogens is 2. The number of rotatable bonds is 6. The number of nitrogens with one attached hydrogen (secondary N) is 1. The van der Waals surface area contributed by atoms with Crippen molar-refractivity contribution >= 4 is 21.8 Å². The van der Waals surface area contributed by atoms with Crippen molar-refractivity contribution in [1.82, 2.24) is 9.78 Å². The second kappa shape index (κ2) is 7.63. The number of hydrogen-bond acceptors (Lipinski definition) is 4. The predicted octanol–water partition coefficient (Wildman–Crippen LogP) is 2.86. The van der Waals surface area contributed by atoms with Crippen LogP contribution in [0.4, 0.5) is 5.69 Å². The largest absolute Gasteiger partial charge is 0.376 e. The molecule has 0 radical (unpaired) electrons. The van der Waals surface area contributed by atoms with E-state index in [2.05, 4.69) is 9.82 Å². The van der Waals surface area contributed by atoms with Gasteiger partial charge in [-0.15, -0.1) is 0 Å². The van der Waals surface area contributed by atoms with Gasteiger partial charge in [0.25, 0.3) is 10.0 Å². The lowest BCUT2D eigenvalue weighted by molar-refractivity contribution is 0.00401. The maximum Gasteiger partial charge on any atom is 0.255 e. The molecule has 1 aromatic carbocycles. The van der Waals surface area contributed by atoms with E-state index in [0.29, 0.717) is 12.2 Å². The molecular formula is C17H21N3O3S. The first-order valence-corrected chi connectivity index (χ1v) is 9.55. The molecule has 0 spiro atoms. The standard InChI is InChI=1S/C17H21N3O3S/c21-24(22,11-9-15-6-2-1-3-7-15)19-16-12-18-20(13-16)14-17-8-4-5-10-23-17/h1-3,6-7,9,11-13,17,19H,4-5,8,10,14H2/b11-9+/t17-/m0/s1. The molecule has 7 heteroatoms. The van der Waals surface area contributed by atoms with Crippen molar-refractivity contribution in [1.29, 1.82) is 0 Å². The molecule has 2 heterocycles. The maximum atomic E-state index is 12.1. The molecule has 2 aromatic rings. The molecule has 1 aromatic heterocycles. The van der Waals surface area contributed by atoms with E-state index in [0.717, 1.165) is 36.8 Å². The zero-order chi connectivity index (χ0) is 16.8. The topological polar surface area (TPSA) is 73.2 Å². The Labute approximate surface area is 142 Å². The Morgan fingerprint density at radius 1 is 1.29 bits per heavy atom. The van der Waals surface area contributed by atoms with Crippen LogP contribution in [0.5, 0.6) is 0 Å². The van der Waals surface area contributed by atoms with E-state index in [1.54, 1.807) is 17.0 Å². The highest BCUT2D eigenvalue weighted by atomic mass is 32.2. The summed E-state index contributed by atoms with van der Waals surface area (Å²) in [5, 5.41) is 5.36. The van der Waals surface area contributed by atoms with Gasteiger partial charge in [0.05, 0.1) is 29.9 Å². The second-order valence-corrected chi connectivity index (χ2v) is 7.37. The first kappa shape index (κ1) is 16.7. The van der Waals surface area contributed by atoms with Gasteiger partial charge in [-0.3, -0.25) is 9.40 Å². The van der Waals surface area contributed by atoms with E-state index in [9.17, 15) is 8.42 Å². The van der Waals surface area contributed by atoms with Crippen LogP contribution < -0.4 is 4.72 Å². The van der Waals surface area contributed by atoms with E-state index >= 15 is 0 Å². The van der Waals surface area contributed by atoms with Crippen LogP contribution in [0.1, 0.15) is 24.8 Å². The lowest BCUT2D eigenvalue weighted by Gasteiger charge is -2.22. The minimum absolute atomic E-state index is 0.154. The summed E-state index contributed by atoms with van der Waals surface area (Å²) in [6.07, 6.45) is 8.19. The van der Waals surface area contributed by atoms with Gasteiger partial charge in [-0.1, -0.05) is 30.3 Å². The van der Waals surface area contributed by atoms with E-state index in [1.165, 1.54) is 6.20 Å². The summed E-state index contributed by atoms with van der Waals surface area (Å²) in [6, 6.07) is 9.28. The summed E-state index contributed by atoms with van der Waals surface area (Å²) in [7, 11) is -3.57. The molecule has 3 rings (SSSR count). The Morgan fingerprint density at radius 2 is 2.12 bits per heavy atom. The van der Waals surface area contributed by atoms with Crippen molar-refractivity contribution in [2.24, 2.45) is 0 Å². The Morgan fingerprint density at radius 3 is 2.88 bits per heavy atom. The smallest absolute Gasteiger partial charge is 0.255 e. The lowest BCUT2D eigenvalue weighted by atomic mass is 10.1. The first-order chi connectivity index (χ1) is 11.6. The van der Waals surface area contributed by atoms with Crippen LogP contribution in [0, 0.1) is 0 Å². The number of benzene rings is 1. The number of anilines is 1. The molecule has 128 valence electrons. The molecule has 1 fully saturated rings. The van der Waals surface area contributed by atoms with Gasteiger partial charge in [0.2, 0.25) is 0 Å². The van der Waals surface area contributed by atoms with Gasteiger partial charge < -0.3 is 4.74 Å². The molecular weight excluding hydrogens is 326 g/mol. The van der Waals surface area contributed by atoms with Crippen LogP contribution in [0.25, 0.3) is 6.08 Å². The Kier molecular flexibility index (Phi) is 5.32. The van der Waals surface area contributed by atoms with E-state index in [4.69, 9.17) is 4.74 Å². The molecule has 0 aliphatic carbocycles. The summed E-state index contributed by atoms with van der Waals surface area (Å²) in [5.74, 6) is 0. The molecule has 1 aliphatic heterocycles. The van der Waals surface area contributed by atoms with Crippen molar-refractivity contribution in [3.05, 3.63) is 53.7 Å². The minimum Gasteiger partial charge on any atom is -0.376 e. The summed E-state index contributed by atoms with van der Waals surface area (Å²) in [4.78, 5) is 0. The Balaban J connectivity index is 1.59. The van der Waals surface area contributed by atoms with Crippen molar-refractivity contribution in [3.63, 3.8) is 0 Å². The molecule has 1 atom stereocenters. The van der Waals surface area contributed by atoms with Crippen LogP contribution in [0.2, 0.25) is 0 Å². The quantitative estimate of drug-likeness (QED) is 0.872. The fourth-order valence-corrected chi connectivity index (χ4v) is 3.45. The minimum atomic E-state index is -3.57. The second-order valence-electron chi connectivity index (χ2n) is 5.80. The fourth-order valence-electron chi connectivity index (χ4n) is 2.61. The molecule has 0 unspecified atom stereocenters. The highest BCUT2D eigenvalue weighted by molar-refractivity contribution is 7.95. The average Bonchev–Trinajstić information content (AvgIpc) is 3.01. The van der Waals surface area contributed by atoms with Crippen molar-refractivity contribution in [2.45, 2.75) is 31.9 Å². The molecule has 6 nitrogen and oxygen atoms in total. The summed E-state index contributed by atoms with van der Waals surface area (Å²) >= 11 is 0. The Hall–Kier alpha value is -2.12. The van der Waals surface area contributed by atoms with Crippen molar-refractivity contribution < 1.29 is 13.2 Å². The summed E-state index contributed by atoms with van der Waals surface area (Å²) in [6.45, 7) is 1.43. The lowest BCUT2D eigenvalue weighted by Crippen LogP contribution is -2.24. The van der Waals surface area contributed by atoms with Crippen molar-refractivity contribution in [3.8, 4) is 0 Å². The normalized spacial score (nSPS) is 18.8. The van der Waals surface area contributed by atoms with Gasteiger partial charge in [-0.2, -0.15) is 5.10 Å². The van der Waals surface area contributed by atoms with Gasteiger partial charge in [0.15, 0.2) is 0 Å². The first-order valence-electron chi connectivity index (χ1n) is 8.01. The van der Waals surface area contributed by atoms with Gasteiger partial charge >= 0.3 is 0 Å². The SMILES string of the molecule is O=S(=O)(/C=C/c1ccccc1)Nc1cnn(C[C@@H]2CCCCO2)c1. The Bertz CT molecular complexity index is 778. The highest BCUT2D eigenvalue weighted by Crippen LogP contribution is 2.16. The zero-order valence-electron chi connectivity index (χ0n) is 13.3. The zero-order valence-corrected chi connectivity index (χ0v) is 14.2. The van der Waals surface area contributed by atoms with Gasteiger partial charge in [0.1, 0.15) is 0 Å². The number of sulfonamides is 1. The maximum absolute atomic E-state index is 12.1. The van der Waals surface area contributed by atoms with E-state index in [-0.39, 0.29) is 6.10 Å². The van der Waals surface area contributed by atoms with Crippen molar-refractivity contribution in [2.75, 3.05) is 11.3 Å². The highest BCUT2D eigenvalue weighted by Gasteiger charge is 2.15. The van der Waals surface area contributed by atoms with Gasteiger partial charge in [0, 0.05) is 12.8 Å². The number of nitrogens with zero attached hydrogens (tertiary/aromatic N) is 2. The van der Waals surface area contributed by atoms with Crippen LogP contribution in [-0.2, 0) is 21.3 Å². The molecule has 1 saturated heterocycles. The molecule has 1 N–H and O–H groups in total. The van der Waals surface area contributed by atoms with E-state index in [1.807, 2.05) is 30.3 Å². The third-order valence-corrected chi connectivity index (χ3v) is 4.81. The predicted molar refractivity (Wildman–Crippen MR) is 93.8 cm³/mol. The van der Waals surface area contributed by atoms with Crippen LogP contribution in [0.15, 0.2) is 48.1 Å². The molecule has 0 bridgehead atoms. The fraction of sp³-hybridized carbons (Fsp3) is 0.353. The average molecular weight is 347 g/mol. The number of hydrogen-bond donors (Lipinski definition) is 1. The van der Waals surface area contributed by atoms with Crippen LogP contribution in [-0.4, -0.2) is 30.9 Å². The monoisotopic (exact) mass is 347 g/mol. The third kappa shape index (κ3) is 4.94. The number of ether oxygens (including phenoxy) is 1. The van der Waals surface area contributed by atoms with Crippen LogP contribution >= 0.6 is 0 Å². The summed E-state index contributed by atoms with van der Waals surface area (Å²) in [5.41, 5.74) is 1.27. The third-order valence-electron chi connectivity index (χ3n) is 3.80. The molecule has 24 heavy (non-hydrogen) atoms. The summed E-state index contributed by atoms with van der Waals surface area (Å²) < 4.78 is 34.1. The molecule has 0 saturated carbocycles. The van der Waals surface area contributed by atoms with Crippen LogP contribution in [0.3, 0.4) is 0 Å². The van der Waals surface area contributed by atoms with E-state index < -0.39 is 10.0 Å². The molecule has 1 aliphatic rings. The van der Waals surface area contributed by atoms with Gasteiger partial charge in [-0.25, -0.2) is 8.42 Å².